The van der Waals surface area contributed by atoms with E-state index >= 15 is 0 Å². The van der Waals surface area contributed by atoms with E-state index in [-0.39, 0.29) is 11.5 Å². The molecule has 1 heterocycles. The molecule has 0 unspecified atom stereocenters. The van der Waals surface area contributed by atoms with Crippen LogP contribution < -0.4 is 5.56 Å². The van der Waals surface area contributed by atoms with Crippen molar-refractivity contribution < 1.29 is 9.90 Å². The Labute approximate surface area is 110 Å². The molecule has 0 atom stereocenters. The molecule has 1 aromatic heterocycles. The van der Waals surface area contributed by atoms with Crippen molar-refractivity contribution in [3.05, 3.63) is 58.0 Å². The molecule has 0 saturated carbocycles. The van der Waals surface area contributed by atoms with Gasteiger partial charge < -0.3 is 5.11 Å². The van der Waals surface area contributed by atoms with Crippen molar-refractivity contribution in [2.75, 3.05) is 0 Å². The van der Waals surface area contributed by atoms with Gasteiger partial charge in [-0.15, -0.1) is 0 Å². The molecule has 19 heavy (non-hydrogen) atoms. The van der Waals surface area contributed by atoms with Crippen LogP contribution in [0.25, 0.3) is 5.69 Å². The summed E-state index contributed by atoms with van der Waals surface area (Å²) in [5.41, 5.74) is 0.530. The number of para-hydroxylation sites is 1. The average Bonchev–Trinajstić information content (AvgIpc) is 2.39. The fraction of sp³-hybridized carbons (Fsp3) is 0.214. The van der Waals surface area contributed by atoms with Crippen LogP contribution in [-0.2, 0) is 0 Å². The number of carbonyl (C=O) groups is 1. The summed E-state index contributed by atoms with van der Waals surface area (Å²) in [6, 6.07) is 10.0. The van der Waals surface area contributed by atoms with Gasteiger partial charge in [0.15, 0.2) is 0 Å². The Balaban J connectivity index is 2.69. The molecule has 0 aliphatic carbocycles. The van der Waals surface area contributed by atoms with Gasteiger partial charge in [0.25, 0.3) is 5.56 Å². The first-order valence-electron chi connectivity index (χ1n) is 5.93. The lowest BCUT2D eigenvalue weighted by Gasteiger charge is -2.11. The summed E-state index contributed by atoms with van der Waals surface area (Å²) in [6.45, 7) is 3.68. The molecule has 0 saturated heterocycles. The van der Waals surface area contributed by atoms with Crippen molar-refractivity contribution in [1.82, 2.24) is 9.78 Å². The number of benzene rings is 1. The predicted octanol–water partition coefficient (Wildman–Crippen LogP) is 2.05. The minimum Gasteiger partial charge on any atom is -0.478 e. The molecule has 5 heteroatoms. The van der Waals surface area contributed by atoms with Crippen LogP contribution in [0.5, 0.6) is 0 Å². The number of carboxylic acids is 1. The molecule has 0 aliphatic heterocycles. The summed E-state index contributed by atoms with van der Waals surface area (Å²) in [6.07, 6.45) is 0. The average molecular weight is 258 g/mol. The molecule has 0 amide bonds. The quantitative estimate of drug-likeness (QED) is 0.914. The van der Waals surface area contributed by atoms with Gasteiger partial charge >= 0.3 is 5.97 Å². The van der Waals surface area contributed by atoms with Gasteiger partial charge in [-0.05, 0) is 18.1 Å². The van der Waals surface area contributed by atoms with Crippen molar-refractivity contribution in [1.29, 1.82) is 0 Å². The third-order valence-corrected chi connectivity index (χ3v) is 2.74. The summed E-state index contributed by atoms with van der Waals surface area (Å²) in [7, 11) is 0. The van der Waals surface area contributed by atoms with Crippen LogP contribution in [0.3, 0.4) is 0 Å². The SMILES string of the molecule is CC(C)c1nn(-c2ccccc2)c(=O)cc1C(=O)O. The van der Waals surface area contributed by atoms with Gasteiger partial charge in [-0.1, -0.05) is 32.0 Å². The van der Waals surface area contributed by atoms with Crippen molar-refractivity contribution in [3.8, 4) is 5.69 Å². The van der Waals surface area contributed by atoms with Crippen LogP contribution in [0.4, 0.5) is 0 Å². The maximum absolute atomic E-state index is 12.0. The lowest BCUT2D eigenvalue weighted by molar-refractivity contribution is 0.0694. The van der Waals surface area contributed by atoms with E-state index in [4.69, 9.17) is 5.11 Å². The fourth-order valence-corrected chi connectivity index (χ4v) is 1.82. The highest BCUT2D eigenvalue weighted by atomic mass is 16.4. The molecule has 0 aliphatic rings. The first-order chi connectivity index (χ1) is 9.00. The zero-order chi connectivity index (χ0) is 14.0. The second kappa shape index (κ2) is 5.06. The van der Waals surface area contributed by atoms with Crippen molar-refractivity contribution in [2.24, 2.45) is 0 Å². The Morgan fingerprint density at radius 1 is 1.26 bits per heavy atom. The maximum atomic E-state index is 12.0. The molecule has 0 radical (unpaired) electrons. The van der Waals surface area contributed by atoms with Gasteiger partial charge in [-0.2, -0.15) is 9.78 Å². The van der Waals surface area contributed by atoms with Gasteiger partial charge in [0.05, 0.1) is 16.9 Å². The Hall–Kier alpha value is -2.43. The molecule has 1 aromatic carbocycles. The monoisotopic (exact) mass is 258 g/mol. The molecule has 5 nitrogen and oxygen atoms in total. The van der Waals surface area contributed by atoms with Crippen LogP contribution >= 0.6 is 0 Å². The number of hydrogen-bond donors (Lipinski definition) is 1. The maximum Gasteiger partial charge on any atom is 0.337 e. The van der Waals surface area contributed by atoms with Gasteiger partial charge in [-0.3, -0.25) is 4.79 Å². The van der Waals surface area contributed by atoms with Crippen LogP contribution in [0.15, 0.2) is 41.2 Å². The Bertz CT molecular complexity index is 660. The topological polar surface area (TPSA) is 72.2 Å². The number of rotatable bonds is 3. The van der Waals surface area contributed by atoms with E-state index in [1.807, 2.05) is 19.9 Å². The number of nitrogens with zero attached hydrogens (tertiary/aromatic N) is 2. The summed E-state index contributed by atoms with van der Waals surface area (Å²) in [5, 5.41) is 13.3. The molecule has 0 spiro atoms. The molecule has 0 fully saturated rings. The van der Waals surface area contributed by atoms with Crippen LogP contribution in [0.1, 0.15) is 35.8 Å². The molecule has 2 aromatic rings. The molecule has 98 valence electrons. The van der Waals surface area contributed by atoms with Crippen LogP contribution in [-0.4, -0.2) is 20.9 Å². The first-order valence-corrected chi connectivity index (χ1v) is 5.93. The smallest absolute Gasteiger partial charge is 0.337 e. The third kappa shape index (κ3) is 2.54. The second-order valence-corrected chi connectivity index (χ2v) is 4.49. The first kappa shape index (κ1) is 13.0. The van der Waals surface area contributed by atoms with Gasteiger partial charge in [0.2, 0.25) is 0 Å². The zero-order valence-corrected chi connectivity index (χ0v) is 10.7. The predicted molar refractivity (Wildman–Crippen MR) is 70.9 cm³/mol. The zero-order valence-electron chi connectivity index (χ0n) is 10.7. The van der Waals surface area contributed by atoms with E-state index in [1.165, 1.54) is 4.68 Å². The lowest BCUT2D eigenvalue weighted by atomic mass is 10.0. The standard InChI is InChI=1S/C14H14N2O3/c1-9(2)13-11(14(18)19)8-12(17)16(15-13)10-6-4-3-5-7-10/h3-9H,1-2H3,(H,18,19). The minimum absolute atomic E-state index is 0.0350. The normalized spacial score (nSPS) is 10.7. The molecule has 1 N–H and O–H groups in total. The van der Waals surface area contributed by atoms with Crippen molar-refractivity contribution in [3.63, 3.8) is 0 Å². The van der Waals surface area contributed by atoms with Crippen LogP contribution in [0.2, 0.25) is 0 Å². The highest BCUT2D eigenvalue weighted by molar-refractivity contribution is 5.88. The van der Waals surface area contributed by atoms with Crippen molar-refractivity contribution in [2.45, 2.75) is 19.8 Å². The van der Waals surface area contributed by atoms with Crippen molar-refractivity contribution >= 4 is 5.97 Å². The molecule has 2 rings (SSSR count). The highest BCUT2D eigenvalue weighted by Crippen LogP contribution is 2.16. The summed E-state index contributed by atoms with van der Waals surface area (Å²) < 4.78 is 1.22. The summed E-state index contributed by atoms with van der Waals surface area (Å²) >= 11 is 0. The van der Waals surface area contributed by atoms with E-state index in [0.717, 1.165) is 6.07 Å². The fourth-order valence-electron chi connectivity index (χ4n) is 1.82. The summed E-state index contributed by atoms with van der Waals surface area (Å²) in [5.74, 6) is -1.21. The Morgan fingerprint density at radius 3 is 2.42 bits per heavy atom. The highest BCUT2D eigenvalue weighted by Gasteiger charge is 2.17. The van der Waals surface area contributed by atoms with Gasteiger partial charge in [0.1, 0.15) is 0 Å². The Kier molecular flexibility index (Phi) is 3.46. The van der Waals surface area contributed by atoms with Gasteiger partial charge in [-0.25, -0.2) is 4.79 Å². The largest absolute Gasteiger partial charge is 0.478 e. The number of aromatic carboxylic acids is 1. The summed E-state index contributed by atoms with van der Waals surface area (Å²) in [4.78, 5) is 23.1. The van der Waals surface area contributed by atoms with Gasteiger partial charge in [0, 0.05) is 6.07 Å². The number of hydrogen-bond acceptors (Lipinski definition) is 3. The Morgan fingerprint density at radius 2 is 1.89 bits per heavy atom. The molecular formula is C14H14N2O3. The van der Waals surface area contributed by atoms with E-state index < -0.39 is 11.5 Å². The van der Waals surface area contributed by atoms with E-state index in [9.17, 15) is 9.59 Å². The molecular weight excluding hydrogens is 244 g/mol. The van der Waals surface area contributed by atoms with E-state index in [2.05, 4.69) is 5.10 Å². The van der Waals surface area contributed by atoms with Crippen LogP contribution in [0, 0.1) is 0 Å². The number of aromatic nitrogens is 2. The van der Waals surface area contributed by atoms with E-state index in [0.29, 0.717) is 11.4 Å². The number of carboxylic acid groups (broad SMARTS) is 1. The minimum atomic E-state index is -1.13. The lowest BCUT2D eigenvalue weighted by Crippen LogP contribution is -2.25. The van der Waals surface area contributed by atoms with E-state index in [1.54, 1.807) is 24.3 Å². The second-order valence-electron chi connectivity index (χ2n) is 4.49. The molecule has 0 bridgehead atoms. The third-order valence-electron chi connectivity index (χ3n) is 2.74.